The van der Waals surface area contributed by atoms with Gasteiger partial charge < -0.3 is 0 Å². The van der Waals surface area contributed by atoms with Crippen LogP contribution in [0, 0.1) is 0 Å². The maximum absolute atomic E-state index is 13.6. The van der Waals surface area contributed by atoms with Crippen molar-refractivity contribution >= 4 is 17.8 Å². The summed E-state index contributed by atoms with van der Waals surface area (Å²) in [7, 11) is 0. The Morgan fingerprint density at radius 1 is 0.742 bits per heavy atom. The molecule has 0 aliphatic carbocycles. The molecule has 0 aliphatic heterocycles. The third-order valence-electron chi connectivity index (χ3n) is 4.01. The van der Waals surface area contributed by atoms with Crippen LogP contribution in [0.15, 0.2) is 30.8 Å². The van der Waals surface area contributed by atoms with E-state index in [1.54, 1.807) is 6.07 Å². The van der Waals surface area contributed by atoms with Crippen molar-refractivity contribution in [2.75, 3.05) is 5.75 Å². The summed E-state index contributed by atoms with van der Waals surface area (Å²) in [6, 6.07) is 6.13. The molecule has 0 aromatic heterocycles. The minimum Gasteiger partial charge on any atom is -0.200 e. The van der Waals surface area contributed by atoms with Gasteiger partial charge in [0.15, 0.2) is 0 Å². The minimum absolute atomic E-state index is 0.109. The highest BCUT2D eigenvalue weighted by atomic mass is 32.2. The second-order valence-electron chi connectivity index (χ2n) is 6.25. The number of hydrogen-bond donors (Lipinski definition) is 0. The third kappa shape index (κ3) is 4.92. The fourth-order valence-electron chi connectivity index (χ4n) is 2.16. The van der Waals surface area contributed by atoms with Crippen molar-refractivity contribution < 1.29 is 57.1 Å². The van der Waals surface area contributed by atoms with Gasteiger partial charge >= 0.3 is 35.8 Å². The number of thioether (sulfide) groups is 1. The Morgan fingerprint density at radius 3 is 1.74 bits per heavy atom. The summed E-state index contributed by atoms with van der Waals surface area (Å²) in [5.41, 5.74) is 1.07. The highest BCUT2D eigenvalue weighted by molar-refractivity contribution is 7.98. The monoisotopic (exact) mass is 496 g/mol. The van der Waals surface area contributed by atoms with E-state index in [0.29, 0.717) is 22.9 Å². The molecule has 1 aromatic rings. The molecule has 0 unspecified atom stereocenters. The zero-order valence-corrected chi connectivity index (χ0v) is 15.9. The molecular formula is C17H13F13S. The van der Waals surface area contributed by atoms with Crippen LogP contribution in [0.4, 0.5) is 57.1 Å². The second kappa shape index (κ2) is 8.74. The van der Waals surface area contributed by atoms with E-state index in [1.807, 2.05) is 0 Å². The van der Waals surface area contributed by atoms with Gasteiger partial charge in [-0.15, -0.1) is 0 Å². The van der Waals surface area contributed by atoms with Crippen LogP contribution in [0.5, 0.6) is 0 Å². The standard InChI is InChI=1S/C17H13F13S/c1-2-10-4-3-5-11(8-10)9-31-7-6-12(18,19)13(20,21)14(22,23)15(24,25)16(26,27)17(28,29)30/h2-5,8H,1,6-7,9H2. The van der Waals surface area contributed by atoms with Crippen molar-refractivity contribution in [2.45, 2.75) is 48.0 Å². The summed E-state index contributed by atoms with van der Waals surface area (Å²) in [6.45, 7) is 3.46. The van der Waals surface area contributed by atoms with E-state index in [4.69, 9.17) is 0 Å². The first-order chi connectivity index (χ1) is 13.8. The summed E-state index contributed by atoms with van der Waals surface area (Å²) >= 11 is 0.488. The molecule has 0 bridgehead atoms. The molecule has 0 aliphatic rings. The SMILES string of the molecule is C=Cc1cccc(CSCCC(F)(F)C(F)(F)C(F)(F)C(F)(F)C(F)(F)C(F)(F)F)c1. The molecule has 178 valence electrons. The van der Waals surface area contributed by atoms with Gasteiger partial charge in [-0.05, 0) is 16.9 Å². The average Bonchev–Trinajstić information content (AvgIpc) is 2.63. The Kier molecular flexibility index (Phi) is 7.73. The second-order valence-corrected chi connectivity index (χ2v) is 7.36. The Labute approximate surface area is 171 Å². The molecule has 0 amide bonds. The van der Waals surface area contributed by atoms with E-state index in [9.17, 15) is 57.1 Å². The van der Waals surface area contributed by atoms with Crippen molar-refractivity contribution in [3.63, 3.8) is 0 Å². The molecule has 0 heterocycles. The predicted molar refractivity (Wildman–Crippen MR) is 88.1 cm³/mol. The Hall–Kier alpha value is -1.60. The molecule has 0 radical (unpaired) electrons. The van der Waals surface area contributed by atoms with Crippen LogP contribution < -0.4 is 0 Å². The van der Waals surface area contributed by atoms with Crippen molar-refractivity contribution in [3.8, 4) is 0 Å². The molecule has 0 saturated heterocycles. The van der Waals surface area contributed by atoms with Crippen LogP contribution in [0.1, 0.15) is 17.5 Å². The molecule has 0 fully saturated rings. The molecule has 1 rings (SSSR count). The van der Waals surface area contributed by atoms with Crippen LogP contribution in [0.2, 0.25) is 0 Å². The summed E-state index contributed by atoms with van der Waals surface area (Å²) in [5, 5.41) is 0. The Morgan fingerprint density at radius 2 is 1.26 bits per heavy atom. The molecule has 0 nitrogen and oxygen atoms in total. The van der Waals surface area contributed by atoms with Gasteiger partial charge in [0.05, 0.1) is 0 Å². The largest absolute Gasteiger partial charge is 0.460 e. The van der Waals surface area contributed by atoms with Crippen molar-refractivity contribution in [2.24, 2.45) is 0 Å². The topological polar surface area (TPSA) is 0 Å². The normalized spacial score (nSPS) is 14.6. The zero-order valence-electron chi connectivity index (χ0n) is 15.0. The summed E-state index contributed by atoms with van der Waals surface area (Å²) in [6.07, 6.45) is -8.18. The highest BCUT2D eigenvalue weighted by Crippen LogP contribution is 2.60. The van der Waals surface area contributed by atoms with Gasteiger partial charge in [0.1, 0.15) is 0 Å². The summed E-state index contributed by atoms with van der Waals surface area (Å²) in [5.74, 6) is -37.7. The fraction of sp³-hybridized carbons (Fsp3) is 0.529. The number of halogens is 13. The smallest absolute Gasteiger partial charge is 0.200 e. The lowest BCUT2D eigenvalue weighted by atomic mass is 9.93. The lowest BCUT2D eigenvalue weighted by Gasteiger charge is -2.39. The summed E-state index contributed by atoms with van der Waals surface area (Å²) in [4.78, 5) is 0. The van der Waals surface area contributed by atoms with E-state index in [-0.39, 0.29) is 5.75 Å². The predicted octanol–water partition coefficient (Wildman–Crippen LogP) is 7.69. The number of benzene rings is 1. The van der Waals surface area contributed by atoms with E-state index in [0.717, 1.165) is 0 Å². The van der Waals surface area contributed by atoms with E-state index in [1.165, 1.54) is 24.3 Å². The van der Waals surface area contributed by atoms with Crippen LogP contribution in [-0.4, -0.2) is 41.5 Å². The van der Waals surface area contributed by atoms with Crippen LogP contribution in [0.25, 0.3) is 6.08 Å². The van der Waals surface area contributed by atoms with Gasteiger partial charge in [0.25, 0.3) is 0 Å². The number of hydrogen-bond acceptors (Lipinski definition) is 1. The van der Waals surface area contributed by atoms with Gasteiger partial charge in [-0.2, -0.15) is 68.8 Å². The molecule has 0 atom stereocenters. The highest BCUT2D eigenvalue weighted by Gasteiger charge is 2.90. The maximum atomic E-state index is 13.6. The van der Waals surface area contributed by atoms with E-state index >= 15 is 0 Å². The Balaban J connectivity index is 2.99. The third-order valence-corrected chi connectivity index (χ3v) is 5.04. The maximum Gasteiger partial charge on any atom is 0.460 e. The van der Waals surface area contributed by atoms with Gasteiger partial charge in [0.2, 0.25) is 0 Å². The first-order valence-electron chi connectivity index (χ1n) is 8.01. The first-order valence-corrected chi connectivity index (χ1v) is 9.16. The van der Waals surface area contributed by atoms with Crippen molar-refractivity contribution in [1.29, 1.82) is 0 Å². The van der Waals surface area contributed by atoms with Gasteiger partial charge in [-0.3, -0.25) is 0 Å². The van der Waals surface area contributed by atoms with Gasteiger partial charge in [-0.1, -0.05) is 36.9 Å². The lowest BCUT2D eigenvalue weighted by molar-refractivity contribution is -0.439. The quantitative estimate of drug-likeness (QED) is 0.236. The van der Waals surface area contributed by atoms with Crippen LogP contribution in [0.3, 0.4) is 0 Å². The molecule has 0 N–H and O–H groups in total. The van der Waals surface area contributed by atoms with Crippen molar-refractivity contribution in [3.05, 3.63) is 42.0 Å². The van der Waals surface area contributed by atoms with E-state index in [2.05, 4.69) is 6.58 Å². The zero-order chi connectivity index (χ0) is 24.5. The molecule has 31 heavy (non-hydrogen) atoms. The molecule has 1 aromatic carbocycles. The molecule has 0 saturated carbocycles. The summed E-state index contributed by atoms with van der Waals surface area (Å²) < 4.78 is 169. The average molecular weight is 496 g/mol. The molecule has 14 heteroatoms. The first kappa shape index (κ1) is 27.4. The van der Waals surface area contributed by atoms with Crippen molar-refractivity contribution in [1.82, 2.24) is 0 Å². The molecular weight excluding hydrogens is 483 g/mol. The fourth-order valence-corrected chi connectivity index (χ4v) is 3.12. The van der Waals surface area contributed by atoms with E-state index < -0.39 is 48.0 Å². The Bertz CT molecular complexity index is 768. The van der Waals surface area contributed by atoms with Gasteiger partial charge in [-0.25, -0.2) is 0 Å². The van der Waals surface area contributed by atoms with Crippen LogP contribution >= 0.6 is 11.8 Å². The van der Waals surface area contributed by atoms with Gasteiger partial charge in [0, 0.05) is 12.2 Å². The number of rotatable bonds is 10. The minimum atomic E-state index is -7.86. The van der Waals surface area contributed by atoms with Crippen LogP contribution in [-0.2, 0) is 5.75 Å². The molecule has 0 spiro atoms. The number of alkyl halides is 13. The lowest BCUT2D eigenvalue weighted by Crippen LogP contribution is -2.70.